The molecule has 1 aromatic carbocycles. The molecule has 1 fully saturated rings. The molecule has 1 aliphatic rings. The summed E-state index contributed by atoms with van der Waals surface area (Å²) in [7, 11) is 0. The van der Waals surface area contributed by atoms with Crippen LogP contribution < -0.4 is 4.74 Å². The van der Waals surface area contributed by atoms with Gasteiger partial charge in [0.25, 0.3) is 5.19 Å². The second-order valence-electron chi connectivity index (χ2n) is 7.09. The Morgan fingerprint density at radius 2 is 2.26 bits per heavy atom. The van der Waals surface area contributed by atoms with Crippen LogP contribution in [0.15, 0.2) is 24.3 Å². The van der Waals surface area contributed by atoms with Crippen molar-refractivity contribution in [2.75, 3.05) is 19.7 Å². The number of aromatic nitrogens is 2. The van der Waals surface area contributed by atoms with Gasteiger partial charge >= 0.3 is 6.09 Å². The summed E-state index contributed by atoms with van der Waals surface area (Å²) in [6.07, 6.45) is -0.606. The van der Waals surface area contributed by atoms with Crippen molar-refractivity contribution in [1.29, 1.82) is 0 Å². The minimum Gasteiger partial charge on any atom is -0.444 e. The van der Waals surface area contributed by atoms with Crippen LogP contribution in [0.3, 0.4) is 0 Å². The topological polar surface area (TPSA) is 94.0 Å². The van der Waals surface area contributed by atoms with Gasteiger partial charge in [0.15, 0.2) is 5.82 Å². The molecule has 1 N–H and O–H groups in total. The van der Waals surface area contributed by atoms with E-state index in [0.717, 1.165) is 17.1 Å². The van der Waals surface area contributed by atoms with Crippen molar-refractivity contribution in [3.8, 4) is 10.9 Å². The van der Waals surface area contributed by atoms with E-state index in [9.17, 15) is 4.79 Å². The van der Waals surface area contributed by atoms with Gasteiger partial charge in [-0.2, -0.15) is 9.36 Å². The van der Waals surface area contributed by atoms with E-state index >= 15 is 0 Å². The van der Waals surface area contributed by atoms with Crippen LogP contribution in [0.1, 0.15) is 38.3 Å². The Labute approximate surface area is 161 Å². The zero-order valence-corrected chi connectivity index (χ0v) is 16.4. The van der Waals surface area contributed by atoms with E-state index in [1.54, 1.807) is 11.0 Å². The minimum atomic E-state index is -0.534. The number of benzene rings is 1. The number of aliphatic hydroxyl groups excluding tert-OH is 1. The van der Waals surface area contributed by atoms with Crippen LogP contribution in [-0.2, 0) is 16.1 Å². The molecule has 1 atom stereocenters. The number of carbonyl (C=O) groups excluding carboxylic acids is 1. The molecule has 1 aliphatic heterocycles. The number of carbonyl (C=O) groups is 1. The number of rotatable bonds is 4. The Balaban J connectivity index is 1.67. The van der Waals surface area contributed by atoms with Crippen molar-refractivity contribution in [2.24, 2.45) is 0 Å². The third-order valence-corrected chi connectivity index (χ3v) is 4.38. The highest BCUT2D eigenvalue weighted by Crippen LogP contribution is 2.29. The summed E-state index contributed by atoms with van der Waals surface area (Å²) in [5.74, 6) is 0.918. The standard InChI is InChI=1S/C18H23N3O5S/c1-18(2,3)26-17(23)21-7-8-24-14(10-21)12-5-4-6-13(9-12)25-16-19-15(11-22)20-27-16/h4-6,9,14,22H,7-8,10-11H2,1-3H3/t14-/m0/s1. The lowest BCUT2D eigenvalue weighted by atomic mass is 10.1. The number of aliphatic hydroxyl groups is 1. The van der Waals surface area contributed by atoms with E-state index in [1.165, 1.54) is 0 Å². The molecule has 3 rings (SSSR count). The molecule has 0 saturated carbocycles. The van der Waals surface area contributed by atoms with Crippen molar-refractivity contribution in [3.63, 3.8) is 0 Å². The summed E-state index contributed by atoms with van der Waals surface area (Å²) >= 11 is 1.08. The maximum atomic E-state index is 12.3. The van der Waals surface area contributed by atoms with E-state index in [2.05, 4.69) is 9.36 Å². The fourth-order valence-electron chi connectivity index (χ4n) is 2.57. The minimum absolute atomic E-state index is 0.226. The van der Waals surface area contributed by atoms with Crippen molar-refractivity contribution in [1.82, 2.24) is 14.3 Å². The van der Waals surface area contributed by atoms with Gasteiger partial charge in [-0.15, -0.1) is 0 Å². The van der Waals surface area contributed by atoms with Crippen molar-refractivity contribution in [2.45, 2.75) is 39.1 Å². The highest BCUT2D eigenvalue weighted by atomic mass is 32.1. The zero-order valence-electron chi connectivity index (χ0n) is 15.5. The molecule has 0 radical (unpaired) electrons. The molecule has 1 saturated heterocycles. The first-order valence-corrected chi connectivity index (χ1v) is 9.42. The molecule has 0 unspecified atom stereocenters. The lowest BCUT2D eigenvalue weighted by Crippen LogP contribution is -2.44. The number of morpholine rings is 1. The largest absolute Gasteiger partial charge is 0.444 e. The van der Waals surface area contributed by atoms with Gasteiger partial charge in [0.05, 0.1) is 13.2 Å². The average molecular weight is 393 g/mol. The summed E-state index contributed by atoms with van der Waals surface area (Å²) in [6.45, 7) is 6.65. The molecule has 2 aromatic rings. The van der Waals surface area contributed by atoms with Gasteiger partial charge in [-0.3, -0.25) is 0 Å². The summed E-state index contributed by atoms with van der Waals surface area (Å²) in [6, 6.07) is 7.44. The Hall–Kier alpha value is -2.23. The van der Waals surface area contributed by atoms with Gasteiger partial charge in [-0.25, -0.2) is 4.79 Å². The summed E-state index contributed by atoms with van der Waals surface area (Å²) in [5, 5.41) is 9.40. The number of ether oxygens (including phenoxy) is 3. The number of hydrogen-bond acceptors (Lipinski definition) is 8. The molecule has 146 valence electrons. The quantitative estimate of drug-likeness (QED) is 0.853. The maximum Gasteiger partial charge on any atom is 0.410 e. The average Bonchev–Trinajstić information content (AvgIpc) is 3.08. The van der Waals surface area contributed by atoms with E-state index < -0.39 is 5.60 Å². The van der Waals surface area contributed by atoms with Crippen LogP contribution in [0, 0.1) is 0 Å². The smallest absolute Gasteiger partial charge is 0.410 e. The fraction of sp³-hybridized carbons (Fsp3) is 0.500. The molecule has 27 heavy (non-hydrogen) atoms. The number of nitrogens with zero attached hydrogens (tertiary/aromatic N) is 3. The van der Waals surface area contributed by atoms with Gasteiger partial charge in [-0.05, 0) is 38.5 Å². The third-order valence-electron chi connectivity index (χ3n) is 3.74. The SMILES string of the molecule is CC(C)(C)OC(=O)N1CCO[C@H](c2cccc(Oc3nc(CO)ns3)c2)C1. The molecule has 1 amide bonds. The molecular weight excluding hydrogens is 370 g/mol. The maximum absolute atomic E-state index is 12.3. The number of hydrogen-bond donors (Lipinski definition) is 1. The molecule has 8 nitrogen and oxygen atoms in total. The van der Waals surface area contributed by atoms with Gasteiger partial charge in [0.2, 0.25) is 0 Å². The normalized spacial score (nSPS) is 17.6. The third kappa shape index (κ3) is 5.38. The second-order valence-corrected chi connectivity index (χ2v) is 7.81. The fourth-order valence-corrected chi connectivity index (χ4v) is 3.13. The predicted octanol–water partition coefficient (Wildman–Crippen LogP) is 3.13. The summed E-state index contributed by atoms with van der Waals surface area (Å²) < 4.78 is 21.0. The highest BCUT2D eigenvalue weighted by molar-refractivity contribution is 7.07. The Kier molecular flexibility index (Phi) is 5.93. The van der Waals surface area contributed by atoms with Crippen LogP contribution in [-0.4, -0.2) is 50.8 Å². The molecule has 1 aromatic heterocycles. The monoisotopic (exact) mass is 393 g/mol. The predicted molar refractivity (Wildman–Crippen MR) is 98.8 cm³/mol. The van der Waals surface area contributed by atoms with Crippen LogP contribution >= 0.6 is 11.5 Å². The summed E-state index contributed by atoms with van der Waals surface area (Å²) in [5.41, 5.74) is 0.362. The molecule has 0 spiro atoms. The van der Waals surface area contributed by atoms with E-state index in [4.69, 9.17) is 19.3 Å². The molecule has 0 aliphatic carbocycles. The van der Waals surface area contributed by atoms with Crippen LogP contribution in [0.5, 0.6) is 10.9 Å². The molecule has 2 heterocycles. The van der Waals surface area contributed by atoms with Crippen LogP contribution in [0.25, 0.3) is 0 Å². The molecule has 0 bridgehead atoms. The van der Waals surface area contributed by atoms with Gasteiger partial charge in [0.1, 0.15) is 24.1 Å². The Morgan fingerprint density at radius 3 is 2.96 bits per heavy atom. The zero-order chi connectivity index (χ0) is 19.4. The second kappa shape index (κ2) is 8.20. The van der Waals surface area contributed by atoms with Crippen LogP contribution in [0.4, 0.5) is 4.79 Å². The first kappa shape index (κ1) is 19.5. The van der Waals surface area contributed by atoms with Crippen LogP contribution in [0.2, 0.25) is 0 Å². The molecule has 9 heteroatoms. The van der Waals surface area contributed by atoms with Gasteiger partial charge in [-0.1, -0.05) is 12.1 Å². The highest BCUT2D eigenvalue weighted by Gasteiger charge is 2.29. The van der Waals surface area contributed by atoms with Gasteiger partial charge < -0.3 is 24.2 Å². The van der Waals surface area contributed by atoms with E-state index in [1.807, 2.05) is 39.0 Å². The summed E-state index contributed by atoms with van der Waals surface area (Å²) in [4.78, 5) is 18.0. The first-order chi connectivity index (χ1) is 12.8. The van der Waals surface area contributed by atoms with E-state index in [0.29, 0.717) is 36.5 Å². The van der Waals surface area contributed by atoms with E-state index in [-0.39, 0.29) is 18.8 Å². The van der Waals surface area contributed by atoms with Crippen molar-refractivity contribution < 1.29 is 24.1 Å². The number of amides is 1. The Bertz CT molecular complexity index is 789. The van der Waals surface area contributed by atoms with Crippen molar-refractivity contribution in [3.05, 3.63) is 35.7 Å². The Morgan fingerprint density at radius 1 is 1.44 bits per heavy atom. The first-order valence-electron chi connectivity index (χ1n) is 8.65. The lowest BCUT2D eigenvalue weighted by molar-refractivity contribution is -0.0433. The van der Waals surface area contributed by atoms with Crippen molar-refractivity contribution >= 4 is 17.6 Å². The molecular formula is C18H23N3O5S. The van der Waals surface area contributed by atoms with Gasteiger partial charge in [0, 0.05) is 18.1 Å². The lowest BCUT2D eigenvalue weighted by Gasteiger charge is -2.34.